The predicted molar refractivity (Wildman–Crippen MR) is 129 cm³/mol. The fraction of sp³-hybridized carbons (Fsp3) is 0.440. The number of rotatable bonds is 11. The molecule has 8 nitrogen and oxygen atoms in total. The van der Waals surface area contributed by atoms with E-state index in [2.05, 4.69) is 5.32 Å². The highest BCUT2D eigenvalue weighted by atomic mass is 32.2. The van der Waals surface area contributed by atoms with E-state index in [1.54, 1.807) is 12.1 Å². The lowest BCUT2D eigenvalue weighted by atomic mass is 10.1. The van der Waals surface area contributed by atoms with Gasteiger partial charge >= 0.3 is 10.1 Å². The Morgan fingerprint density at radius 2 is 1.76 bits per heavy atom. The van der Waals surface area contributed by atoms with Gasteiger partial charge in [0.2, 0.25) is 11.8 Å². The third-order valence-corrected chi connectivity index (χ3v) is 6.62. The van der Waals surface area contributed by atoms with Crippen molar-refractivity contribution in [2.45, 2.75) is 51.5 Å². The maximum absolute atomic E-state index is 12.9. The fourth-order valence-electron chi connectivity index (χ4n) is 3.52. The fourth-order valence-corrected chi connectivity index (χ4v) is 4.46. The molecule has 1 saturated carbocycles. The molecule has 2 aromatic carbocycles. The Labute approximate surface area is 201 Å². The van der Waals surface area contributed by atoms with Gasteiger partial charge in [-0.15, -0.1) is 0 Å². The normalized spacial score (nSPS) is 13.4. The lowest BCUT2D eigenvalue weighted by Gasteiger charge is -2.24. The lowest BCUT2D eigenvalue weighted by molar-refractivity contribution is -0.132. The molecule has 0 aromatic heterocycles. The van der Waals surface area contributed by atoms with Gasteiger partial charge in [-0.1, -0.05) is 19.9 Å². The Morgan fingerprint density at radius 1 is 1.09 bits per heavy atom. The monoisotopic (exact) mass is 488 g/mol. The topological polar surface area (TPSA) is 102 Å². The number of methoxy groups -OCH3 is 1. The van der Waals surface area contributed by atoms with Crippen LogP contribution in [0.4, 0.5) is 5.69 Å². The number of ether oxygens (including phenoxy) is 1. The van der Waals surface area contributed by atoms with Gasteiger partial charge in [0.1, 0.15) is 4.90 Å². The summed E-state index contributed by atoms with van der Waals surface area (Å²) >= 11 is 0. The molecule has 1 N–H and O–H groups in total. The van der Waals surface area contributed by atoms with Crippen LogP contribution in [0.15, 0.2) is 47.4 Å². The van der Waals surface area contributed by atoms with Crippen molar-refractivity contribution >= 4 is 27.6 Å². The van der Waals surface area contributed by atoms with Crippen LogP contribution in [-0.2, 0) is 26.3 Å². The standard InChI is InChI=1S/C25H32N2O6S/c1-17(2)13-25(29)27(15-19-5-6-19)16-20-7-12-23(32-4)24(14-20)33-34(30,31)22-10-8-21(9-11-22)26-18(3)28/h7-12,14,17,19H,5-6,13,15-16H2,1-4H3,(H,26,28). The molecule has 0 spiro atoms. The molecular formula is C25H32N2O6S. The SMILES string of the molecule is COc1ccc(CN(CC2CC2)C(=O)CC(C)C)cc1OS(=O)(=O)c1ccc(NC(C)=O)cc1. The molecule has 0 aliphatic heterocycles. The molecule has 2 aromatic rings. The van der Waals surface area contributed by atoms with Crippen molar-refractivity contribution in [1.82, 2.24) is 4.90 Å². The van der Waals surface area contributed by atoms with E-state index in [-0.39, 0.29) is 34.1 Å². The number of nitrogens with one attached hydrogen (secondary N) is 1. The molecule has 184 valence electrons. The van der Waals surface area contributed by atoms with E-state index in [1.165, 1.54) is 38.3 Å². The average molecular weight is 489 g/mol. The van der Waals surface area contributed by atoms with E-state index in [0.717, 1.165) is 18.4 Å². The number of hydrogen-bond acceptors (Lipinski definition) is 6. The molecule has 1 fully saturated rings. The quantitative estimate of drug-likeness (QED) is 0.476. The largest absolute Gasteiger partial charge is 0.493 e. The van der Waals surface area contributed by atoms with E-state index in [1.807, 2.05) is 24.8 Å². The second kappa shape index (κ2) is 10.9. The summed E-state index contributed by atoms with van der Waals surface area (Å²) in [6.07, 6.45) is 2.72. The Bertz CT molecular complexity index is 1120. The minimum atomic E-state index is -4.15. The van der Waals surface area contributed by atoms with E-state index in [0.29, 0.717) is 31.1 Å². The number of carbonyl (C=O) groups excluding carboxylic acids is 2. The molecule has 0 atom stereocenters. The van der Waals surface area contributed by atoms with Crippen LogP contribution in [0.5, 0.6) is 11.5 Å². The number of carbonyl (C=O) groups is 2. The highest BCUT2D eigenvalue weighted by Gasteiger charge is 2.27. The Morgan fingerprint density at radius 3 is 2.32 bits per heavy atom. The minimum Gasteiger partial charge on any atom is -0.493 e. The van der Waals surface area contributed by atoms with Crippen molar-refractivity contribution in [2.75, 3.05) is 19.0 Å². The van der Waals surface area contributed by atoms with Crippen LogP contribution in [0.2, 0.25) is 0 Å². The van der Waals surface area contributed by atoms with Crippen molar-refractivity contribution in [1.29, 1.82) is 0 Å². The van der Waals surface area contributed by atoms with Gasteiger partial charge in [-0.3, -0.25) is 9.59 Å². The summed E-state index contributed by atoms with van der Waals surface area (Å²) in [6.45, 7) is 6.47. The van der Waals surface area contributed by atoms with Gasteiger partial charge in [0.05, 0.1) is 7.11 Å². The second-order valence-corrected chi connectivity index (χ2v) is 10.6. The van der Waals surface area contributed by atoms with Gasteiger partial charge in [-0.2, -0.15) is 8.42 Å². The zero-order chi connectivity index (χ0) is 24.9. The van der Waals surface area contributed by atoms with Crippen molar-refractivity contribution < 1.29 is 26.9 Å². The molecule has 0 heterocycles. The predicted octanol–water partition coefficient (Wildman–Crippen LogP) is 4.21. The summed E-state index contributed by atoms with van der Waals surface area (Å²) in [4.78, 5) is 25.8. The molecule has 9 heteroatoms. The average Bonchev–Trinajstić information content (AvgIpc) is 3.57. The number of hydrogen-bond donors (Lipinski definition) is 1. The summed E-state index contributed by atoms with van der Waals surface area (Å²) in [5.41, 5.74) is 1.23. The molecule has 0 radical (unpaired) electrons. The van der Waals surface area contributed by atoms with Crippen molar-refractivity contribution in [3.8, 4) is 11.5 Å². The van der Waals surface area contributed by atoms with Gasteiger partial charge in [-0.05, 0) is 66.6 Å². The molecule has 34 heavy (non-hydrogen) atoms. The highest BCUT2D eigenvalue weighted by Crippen LogP contribution is 2.33. The molecule has 2 amide bonds. The first-order valence-electron chi connectivity index (χ1n) is 11.3. The molecule has 0 saturated heterocycles. The first kappa shape index (κ1) is 25.6. The van der Waals surface area contributed by atoms with Crippen molar-refractivity contribution in [3.63, 3.8) is 0 Å². The molecule has 1 aliphatic rings. The number of benzene rings is 2. The van der Waals surface area contributed by atoms with Crippen LogP contribution < -0.4 is 14.2 Å². The van der Waals surface area contributed by atoms with Gasteiger partial charge < -0.3 is 19.1 Å². The van der Waals surface area contributed by atoms with Crippen molar-refractivity contribution in [2.24, 2.45) is 11.8 Å². The van der Waals surface area contributed by atoms with Crippen LogP contribution in [-0.4, -0.2) is 38.8 Å². The summed E-state index contributed by atoms with van der Waals surface area (Å²) in [5, 5.41) is 2.59. The van der Waals surface area contributed by atoms with Crippen LogP contribution >= 0.6 is 0 Å². The maximum atomic E-state index is 12.9. The van der Waals surface area contributed by atoms with E-state index >= 15 is 0 Å². The molecular weight excluding hydrogens is 456 g/mol. The van der Waals surface area contributed by atoms with Crippen LogP contribution in [0, 0.1) is 11.8 Å². The Kier molecular flexibility index (Phi) is 8.19. The summed E-state index contributed by atoms with van der Waals surface area (Å²) in [6, 6.07) is 10.7. The van der Waals surface area contributed by atoms with E-state index in [4.69, 9.17) is 8.92 Å². The van der Waals surface area contributed by atoms with Crippen LogP contribution in [0.25, 0.3) is 0 Å². The van der Waals surface area contributed by atoms with Crippen LogP contribution in [0.3, 0.4) is 0 Å². The number of amides is 2. The lowest BCUT2D eigenvalue weighted by Crippen LogP contribution is -2.33. The molecule has 1 aliphatic carbocycles. The third-order valence-electron chi connectivity index (χ3n) is 5.38. The van der Waals surface area contributed by atoms with E-state index in [9.17, 15) is 18.0 Å². The molecule has 0 unspecified atom stereocenters. The van der Waals surface area contributed by atoms with E-state index < -0.39 is 10.1 Å². The number of nitrogens with zero attached hydrogens (tertiary/aromatic N) is 1. The first-order valence-corrected chi connectivity index (χ1v) is 12.7. The Balaban J connectivity index is 1.81. The zero-order valence-corrected chi connectivity index (χ0v) is 20.9. The van der Waals surface area contributed by atoms with Gasteiger partial charge in [0.25, 0.3) is 0 Å². The van der Waals surface area contributed by atoms with Gasteiger partial charge in [-0.25, -0.2) is 0 Å². The summed E-state index contributed by atoms with van der Waals surface area (Å²) in [5.74, 6) is 0.943. The van der Waals surface area contributed by atoms with Crippen molar-refractivity contribution in [3.05, 3.63) is 48.0 Å². The maximum Gasteiger partial charge on any atom is 0.339 e. The zero-order valence-electron chi connectivity index (χ0n) is 20.0. The Hall–Kier alpha value is -3.07. The summed E-state index contributed by atoms with van der Waals surface area (Å²) in [7, 11) is -2.72. The first-order chi connectivity index (χ1) is 16.1. The highest BCUT2D eigenvalue weighted by molar-refractivity contribution is 7.87. The van der Waals surface area contributed by atoms with Crippen LogP contribution in [0.1, 0.15) is 45.6 Å². The smallest absolute Gasteiger partial charge is 0.339 e. The number of anilines is 1. The molecule has 0 bridgehead atoms. The van der Waals surface area contributed by atoms with Gasteiger partial charge in [0, 0.05) is 32.1 Å². The third kappa shape index (κ3) is 7.21. The molecule has 3 rings (SSSR count). The minimum absolute atomic E-state index is 0.0496. The van der Waals surface area contributed by atoms with Gasteiger partial charge in [0.15, 0.2) is 11.5 Å². The second-order valence-electron chi connectivity index (χ2n) is 9.04. The summed E-state index contributed by atoms with van der Waals surface area (Å²) < 4.78 is 36.5.